The van der Waals surface area contributed by atoms with Crippen molar-refractivity contribution in [2.45, 2.75) is 5.92 Å². The van der Waals surface area contributed by atoms with E-state index in [1.807, 2.05) is 24.3 Å². The summed E-state index contributed by atoms with van der Waals surface area (Å²) in [5.41, 5.74) is 2.70. The molecule has 0 spiro atoms. The monoisotopic (exact) mass is 186 g/mol. The lowest BCUT2D eigenvalue weighted by molar-refractivity contribution is -0.150. The zero-order chi connectivity index (χ0) is 9.71. The van der Waals surface area contributed by atoms with Crippen LogP contribution >= 0.6 is 0 Å². The molecule has 1 aliphatic heterocycles. The average molecular weight is 186 g/mol. The molecular weight excluding hydrogens is 180 g/mol. The van der Waals surface area contributed by atoms with Crippen molar-refractivity contribution < 1.29 is 14.3 Å². The highest BCUT2D eigenvalue weighted by molar-refractivity contribution is 6.11. The smallest absolute Gasteiger partial charge is 0.343 e. The van der Waals surface area contributed by atoms with E-state index in [4.69, 9.17) is 0 Å². The average Bonchev–Trinajstić information content (AvgIpc) is 2.79. The Kier molecular flexibility index (Phi) is 1.24. The van der Waals surface area contributed by atoms with Crippen molar-refractivity contribution in [2.24, 2.45) is 0 Å². The molecule has 0 radical (unpaired) electrons. The minimum atomic E-state index is -0.553. The van der Waals surface area contributed by atoms with Crippen molar-refractivity contribution in [3.8, 4) is 0 Å². The summed E-state index contributed by atoms with van der Waals surface area (Å²) in [5.74, 6) is -1.05. The van der Waals surface area contributed by atoms with Gasteiger partial charge in [0.25, 0.3) is 0 Å². The second-order valence-corrected chi connectivity index (χ2v) is 3.37. The van der Waals surface area contributed by atoms with Gasteiger partial charge >= 0.3 is 11.9 Å². The molecule has 0 amide bonds. The number of hydrogen-bond donors (Lipinski definition) is 0. The maximum atomic E-state index is 11.2. The number of cyclic esters (lactones) is 2. The highest BCUT2D eigenvalue weighted by Crippen LogP contribution is 2.49. The fraction of sp³-hybridized carbons (Fsp3) is 0.0909. The molecule has 0 bridgehead atoms. The summed E-state index contributed by atoms with van der Waals surface area (Å²) in [4.78, 5) is 22.1. The quantitative estimate of drug-likeness (QED) is 0.488. The number of hydrogen-bond acceptors (Lipinski definition) is 3. The molecule has 1 aromatic rings. The van der Waals surface area contributed by atoms with Crippen LogP contribution in [0.25, 0.3) is 0 Å². The van der Waals surface area contributed by atoms with Gasteiger partial charge < -0.3 is 4.74 Å². The number of carbonyl (C=O) groups excluding carboxylic acids is 2. The minimum Gasteiger partial charge on any atom is -0.386 e. The van der Waals surface area contributed by atoms with E-state index in [2.05, 4.69) is 4.74 Å². The topological polar surface area (TPSA) is 43.4 Å². The molecule has 3 rings (SSSR count). The molecule has 0 N–H and O–H groups in total. The maximum absolute atomic E-state index is 11.2. The molecule has 1 aromatic carbocycles. The van der Waals surface area contributed by atoms with E-state index in [1.54, 1.807) is 0 Å². The second-order valence-electron chi connectivity index (χ2n) is 3.37. The number of rotatable bonds is 1. The summed E-state index contributed by atoms with van der Waals surface area (Å²) >= 11 is 0. The van der Waals surface area contributed by atoms with Gasteiger partial charge in [-0.25, -0.2) is 9.59 Å². The summed E-state index contributed by atoms with van der Waals surface area (Å²) in [6.07, 6.45) is 1.28. The predicted molar refractivity (Wildman–Crippen MR) is 47.5 cm³/mol. The Hall–Kier alpha value is -1.90. The van der Waals surface area contributed by atoms with Gasteiger partial charge in [0.15, 0.2) is 0 Å². The van der Waals surface area contributed by atoms with E-state index in [1.165, 1.54) is 6.08 Å². The molecule has 0 unspecified atom stereocenters. The third-order valence-corrected chi connectivity index (χ3v) is 2.55. The summed E-state index contributed by atoms with van der Waals surface area (Å²) in [7, 11) is 0. The Morgan fingerprint density at radius 2 is 1.71 bits per heavy atom. The van der Waals surface area contributed by atoms with E-state index >= 15 is 0 Å². The number of fused-ring (bicyclic) bond motifs is 1. The first-order chi connectivity index (χ1) is 6.77. The van der Waals surface area contributed by atoms with Crippen molar-refractivity contribution >= 4 is 11.9 Å². The molecule has 1 aliphatic carbocycles. The second kappa shape index (κ2) is 2.32. The Morgan fingerprint density at radius 3 is 2.21 bits per heavy atom. The van der Waals surface area contributed by atoms with Crippen LogP contribution in [0, 0.1) is 0 Å². The van der Waals surface area contributed by atoms with Crippen molar-refractivity contribution in [1.82, 2.24) is 0 Å². The molecular formula is C11H6O3. The molecule has 14 heavy (non-hydrogen) atoms. The van der Waals surface area contributed by atoms with Crippen LogP contribution in [-0.4, -0.2) is 11.9 Å². The highest BCUT2D eigenvalue weighted by Gasteiger charge is 2.42. The summed E-state index contributed by atoms with van der Waals surface area (Å²) < 4.78 is 4.44. The zero-order valence-corrected chi connectivity index (χ0v) is 7.19. The number of carbonyl (C=O) groups is 2. The van der Waals surface area contributed by atoms with Gasteiger partial charge in [-0.1, -0.05) is 24.3 Å². The van der Waals surface area contributed by atoms with Crippen LogP contribution in [0.5, 0.6) is 0 Å². The SMILES string of the molecule is O=C1C=C(C2c3ccccc32)C(=O)O1. The van der Waals surface area contributed by atoms with Crippen LogP contribution in [-0.2, 0) is 14.3 Å². The van der Waals surface area contributed by atoms with Crippen LogP contribution in [0.15, 0.2) is 35.9 Å². The lowest BCUT2D eigenvalue weighted by Crippen LogP contribution is -2.02. The van der Waals surface area contributed by atoms with Gasteiger partial charge in [0.2, 0.25) is 0 Å². The van der Waals surface area contributed by atoms with Crippen LogP contribution in [0.1, 0.15) is 17.0 Å². The number of benzene rings is 1. The van der Waals surface area contributed by atoms with E-state index in [0.29, 0.717) is 5.57 Å². The molecule has 2 aliphatic rings. The number of esters is 2. The predicted octanol–water partition coefficient (Wildman–Crippen LogP) is 1.14. The molecule has 3 nitrogen and oxygen atoms in total. The van der Waals surface area contributed by atoms with E-state index in [-0.39, 0.29) is 5.92 Å². The normalized spacial score (nSPS) is 19.0. The Labute approximate surface area is 80.0 Å². The van der Waals surface area contributed by atoms with Gasteiger partial charge in [-0.2, -0.15) is 0 Å². The van der Waals surface area contributed by atoms with Crippen LogP contribution in [0.3, 0.4) is 0 Å². The van der Waals surface area contributed by atoms with Gasteiger partial charge in [-0.05, 0) is 11.1 Å². The van der Waals surface area contributed by atoms with E-state index in [0.717, 1.165) is 11.1 Å². The summed E-state index contributed by atoms with van der Waals surface area (Å²) in [6.45, 7) is 0. The molecule has 3 heteroatoms. The molecule has 0 atom stereocenters. The van der Waals surface area contributed by atoms with E-state index in [9.17, 15) is 9.59 Å². The van der Waals surface area contributed by atoms with Crippen LogP contribution in [0.4, 0.5) is 0 Å². The van der Waals surface area contributed by atoms with Crippen LogP contribution < -0.4 is 0 Å². The van der Waals surface area contributed by atoms with Crippen molar-refractivity contribution in [3.63, 3.8) is 0 Å². The first-order valence-electron chi connectivity index (χ1n) is 4.34. The lowest BCUT2D eigenvalue weighted by Gasteiger charge is -1.92. The third-order valence-electron chi connectivity index (χ3n) is 2.55. The molecule has 0 fully saturated rings. The Balaban J connectivity index is 1.99. The molecule has 0 saturated carbocycles. The van der Waals surface area contributed by atoms with Gasteiger partial charge in [-0.3, -0.25) is 0 Å². The van der Waals surface area contributed by atoms with E-state index < -0.39 is 11.9 Å². The first-order valence-corrected chi connectivity index (χ1v) is 4.34. The lowest BCUT2D eigenvalue weighted by atomic mass is 10.1. The first kappa shape index (κ1) is 7.50. The molecule has 0 aromatic heterocycles. The number of ether oxygens (including phenoxy) is 1. The maximum Gasteiger partial charge on any atom is 0.343 e. The fourth-order valence-electron chi connectivity index (χ4n) is 1.86. The van der Waals surface area contributed by atoms with Gasteiger partial charge in [0.05, 0.1) is 5.57 Å². The molecule has 0 saturated heterocycles. The Bertz CT molecular complexity index is 462. The zero-order valence-electron chi connectivity index (χ0n) is 7.19. The molecule has 1 heterocycles. The van der Waals surface area contributed by atoms with Gasteiger partial charge in [0.1, 0.15) is 0 Å². The van der Waals surface area contributed by atoms with Crippen molar-refractivity contribution in [3.05, 3.63) is 47.0 Å². The van der Waals surface area contributed by atoms with Gasteiger partial charge in [-0.15, -0.1) is 0 Å². The third kappa shape index (κ3) is 0.865. The minimum absolute atomic E-state index is 0.00366. The molecule has 68 valence electrons. The largest absolute Gasteiger partial charge is 0.386 e. The van der Waals surface area contributed by atoms with Crippen LogP contribution in [0.2, 0.25) is 0 Å². The highest BCUT2D eigenvalue weighted by atomic mass is 16.6. The standard InChI is InChI=1S/C11H6O3/c12-9-5-8(11(13)14-9)10-6-3-1-2-4-7(6)10/h1-5,10H. The van der Waals surface area contributed by atoms with Gasteiger partial charge in [0, 0.05) is 12.0 Å². The van der Waals surface area contributed by atoms with Crippen molar-refractivity contribution in [1.29, 1.82) is 0 Å². The summed E-state index contributed by atoms with van der Waals surface area (Å²) in [5, 5.41) is 0. The van der Waals surface area contributed by atoms with Crippen molar-refractivity contribution in [2.75, 3.05) is 0 Å². The summed E-state index contributed by atoms with van der Waals surface area (Å²) in [6, 6.07) is 7.75. The Morgan fingerprint density at radius 1 is 1.07 bits per heavy atom. The fourth-order valence-corrected chi connectivity index (χ4v) is 1.86.